The fourth-order valence-corrected chi connectivity index (χ4v) is 5.79. The van der Waals surface area contributed by atoms with Crippen LogP contribution >= 0.6 is 0 Å². The average molecular weight is 415 g/mol. The Morgan fingerprint density at radius 3 is 2.16 bits per heavy atom. The van der Waals surface area contributed by atoms with Crippen molar-refractivity contribution in [2.45, 2.75) is 6.42 Å². The monoisotopic (exact) mass is 415 g/mol. The highest BCUT2D eigenvalue weighted by Crippen LogP contribution is 2.65. The van der Waals surface area contributed by atoms with Crippen molar-refractivity contribution in [1.82, 2.24) is 0 Å². The summed E-state index contributed by atoms with van der Waals surface area (Å²) in [6.07, 6.45) is 5.47. The summed E-state index contributed by atoms with van der Waals surface area (Å²) in [7, 11) is 1.53. The molecule has 4 aliphatic carbocycles. The van der Waals surface area contributed by atoms with Gasteiger partial charge in [-0.15, -0.1) is 0 Å². The molecule has 0 radical (unpaired) electrons. The van der Waals surface area contributed by atoms with E-state index >= 15 is 0 Å². The average Bonchev–Trinajstić information content (AvgIpc) is 3.58. The van der Waals surface area contributed by atoms with Crippen molar-refractivity contribution in [2.24, 2.45) is 35.5 Å². The molecule has 2 saturated carbocycles. The Bertz CT molecular complexity index is 1100. The summed E-state index contributed by atoms with van der Waals surface area (Å²) in [5.41, 5.74) is 0.901. The van der Waals surface area contributed by atoms with Crippen molar-refractivity contribution in [3.05, 3.63) is 66.2 Å². The molecule has 2 amide bonds. The summed E-state index contributed by atoms with van der Waals surface area (Å²) >= 11 is 0. The largest absolute Gasteiger partial charge is 0.497 e. The van der Waals surface area contributed by atoms with Gasteiger partial charge in [0.05, 0.1) is 30.2 Å². The predicted molar refractivity (Wildman–Crippen MR) is 112 cm³/mol. The number of carbonyl (C=O) groups excluding carboxylic acids is 3. The number of imide groups is 1. The lowest BCUT2D eigenvalue weighted by Crippen LogP contribution is -2.40. The van der Waals surface area contributed by atoms with Gasteiger partial charge in [0.15, 0.2) is 0 Å². The maximum absolute atomic E-state index is 13.2. The number of ether oxygens (including phenoxy) is 2. The van der Waals surface area contributed by atoms with Crippen LogP contribution in [0.5, 0.6) is 11.5 Å². The van der Waals surface area contributed by atoms with Crippen LogP contribution in [0.25, 0.3) is 0 Å². The van der Waals surface area contributed by atoms with Gasteiger partial charge in [-0.2, -0.15) is 0 Å². The maximum atomic E-state index is 13.2. The second-order valence-electron chi connectivity index (χ2n) is 8.78. The fourth-order valence-electron chi connectivity index (χ4n) is 5.79. The first-order chi connectivity index (χ1) is 15.1. The van der Waals surface area contributed by atoms with E-state index in [2.05, 4.69) is 12.2 Å². The smallest absolute Gasteiger partial charge is 0.343 e. The van der Waals surface area contributed by atoms with Crippen molar-refractivity contribution in [3.63, 3.8) is 0 Å². The molecule has 5 aliphatic rings. The third-order valence-electron chi connectivity index (χ3n) is 7.27. The summed E-state index contributed by atoms with van der Waals surface area (Å²) in [6, 6.07) is 13.3. The van der Waals surface area contributed by atoms with E-state index in [1.165, 1.54) is 12.0 Å². The standard InChI is InChI=1S/C25H21NO5/c1-30-16-4-2-3-13(11-16)25(29)31-15-7-5-14(6-8-15)26-23(27)21-17-9-10-18(20-12-19(17)20)22(21)24(26)28/h2-11,17-22H,12H2,1H3/t17-,18-,19-,20+,21+,22+/m0/s1. The van der Waals surface area contributed by atoms with Crippen LogP contribution in [0.3, 0.4) is 0 Å². The zero-order chi connectivity index (χ0) is 21.3. The molecular weight excluding hydrogens is 394 g/mol. The van der Waals surface area contributed by atoms with Gasteiger partial charge >= 0.3 is 5.97 Å². The molecule has 2 aromatic carbocycles. The van der Waals surface area contributed by atoms with Gasteiger partial charge in [0, 0.05) is 0 Å². The number of benzene rings is 2. The Labute approximate surface area is 179 Å². The first-order valence-electron chi connectivity index (χ1n) is 10.6. The molecule has 6 atom stereocenters. The van der Waals surface area contributed by atoms with Crippen molar-refractivity contribution in [1.29, 1.82) is 0 Å². The van der Waals surface area contributed by atoms with Gasteiger partial charge in [0.2, 0.25) is 11.8 Å². The lowest BCUT2D eigenvalue weighted by atomic mass is 9.63. The maximum Gasteiger partial charge on any atom is 0.343 e. The molecule has 2 aromatic rings. The molecule has 3 fully saturated rings. The molecule has 6 nitrogen and oxygen atoms in total. The van der Waals surface area contributed by atoms with Crippen molar-refractivity contribution in [3.8, 4) is 11.5 Å². The fraction of sp³-hybridized carbons (Fsp3) is 0.320. The summed E-state index contributed by atoms with van der Waals surface area (Å²) in [5, 5.41) is 0. The highest BCUT2D eigenvalue weighted by molar-refractivity contribution is 6.22. The molecule has 31 heavy (non-hydrogen) atoms. The van der Waals surface area contributed by atoms with Crippen LogP contribution < -0.4 is 14.4 Å². The van der Waals surface area contributed by atoms with E-state index in [0.717, 1.165) is 6.42 Å². The second kappa shape index (κ2) is 6.54. The van der Waals surface area contributed by atoms with Gasteiger partial charge in [-0.3, -0.25) is 14.5 Å². The van der Waals surface area contributed by atoms with Gasteiger partial charge in [-0.25, -0.2) is 4.79 Å². The normalized spacial score (nSPS) is 32.0. The first-order valence-corrected chi connectivity index (χ1v) is 10.6. The highest BCUT2D eigenvalue weighted by atomic mass is 16.5. The molecular formula is C25H21NO5. The van der Waals surface area contributed by atoms with Crippen molar-refractivity contribution in [2.75, 3.05) is 12.0 Å². The van der Waals surface area contributed by atoms with Crippen LogP contribution in [0.2, 0.25) is 0 Å². The summed E-state index contributed by atoms with van der Waals surface area (Å²) in [5.74, 6) is 1.31. The molecule has 0 N–H and O–H groups in total. The number of esters is 1. The van der Waals surface area contributed by atoms with Crippen LogP contribution in [0.4, 0.5) is 5.69 Å². The van der Waals surface area contributed by atoms with Gasteiger partial charge in [0.1, 0.15) is 11.5 Å². The molecule has 0 spiro atoms. The zero-order valence-corrected chi connectivity index (χ0v) is 16.9. The van der Waals surface area contributed by atoms with E-state index in [0.29, 0.717) is 34.6 Å². The minimum Gasteiger partial charge on any atom is -0.497 e. The quantitative estimate of drug-likeness (QED) is 0.331. The summed E-state index contributed by atoms with van der Waals surface area (Å²) in [4.78, 5) is 40.1. The van der Waals surface area contributed by atoms with Gasteiger partial charge in [-0.05, 0) is 72.6 Å². The molecule has 7 rings (SSSR count). The Kier molecular flexibility index (Phi) is 3.88. The Hall–Kier alpha value is -3.41. The first kappa shape index (κ1) is 18.4. The van der Waals surface area contributed by atoms with E-state index < -0.39 is 5.97 Å². The molecule has 156 valence electrons. The van der Waals surface area contributed by atoms with E-state index in [1.54, 1.807) is 48.5 Å². The Morgan fingerprint density at radius 1 is 0.903 bits per heavy atom. The number of nitrogens with zero attached hydrogens (tertiary/aromatic N) is 1. The Morgan fingerprint density at radius 2 is 1.55 bits per heavy atom. The minimum atomic E-state index is -0.507. The number of allylic oxidation sites excluding steroid dienone is 2. The van der Waals surface area contributed by atoms with Crippen molar-refractivity contribution < 1.29 is 23.9 Å². The van der Waals surface area contributed by atoms with E-state index in [4.69, 9.17) is 9.47 Å². The van der Waals surface area contributed by atoms with E-state index in [-0.39, 0.29) is 35.5 Å². The topological polar surface area (TPSA) is 72.9 Å². The molecule has 1 saturated heterocycles. The molecule has 0 aromatic heterocycles. The minimum absolute atomic E-state index is 0.0965. The highest BCUT2D eigenvalue weighted by Gasteiger charge is 2.67. The van der Waals surface area contributed by atoms with Crippen LogP contribution in [-0.4, -0.2) is 24.9 Å². The third-order valence-corrected chi connectivity index (χ3v) is 7.27. The molecule has 6 heteroatoms. The SMILES string of the molecule is COc1cccc(C(=O)Oc2ccc(N3C(=O)[C@@H]4[C@H]5C=C[C@@H]([C@@H]6C[C@H]56)[C@H]4C3=O)cc2)c1. The Balaban J connectivity index is 1.21. The van der Waals surface area contributed by atoms with E-state index in [1.807, 2.05) is 0 Å². The number of carbonyl (C=O) groups is 3. The van der Waals surface area contributed by atoms with Crippen LogP contribution in [0.15, 0.2) is 60.7 Å². The zero-order valence-electron chi connectivity index (χ0n) is 16.9. The summed E-state index contributed by atoms with van der Waals surface area (Å²) in [6.45, 7) is 0. The lowest BCUT2D eigenvalue weighted by molar-refractivity contribution is -0.124. The van der Waals surface area contributed by atoms with Crippen LogP contribution in [0.1, 0.15) is 16.8 Å². The number of hydrogen-bond donors (Lipinski definition) is 0. The number of anilines is 1. The second-order valence-corrected chi connectivity index (χ2v) is 8.78. The van der Waals surface area contributed by atoms with Crippen LogP contribution in [0, 0.1) is 35.5 Å². The molecule has 1 heterocycles. The number of amides is 2. The van der Waals surface area contributed by atoms with Gasteiger partial charge in [0.25, 0.3) is 0 Å². The number of methoxy groups -OCH3 is 1. The van der Waals surface area contributed by atoms with Gasteiger partial charge < -0.3 is 9.47 Å². The van der Waals surface area contributed by atoms with E-state index in [9.17, 15) is 14.4 Å². The third kappa shape index (κ3) is 2.67. The molecule has 2 bridgehead atoms. The van der Waals surface area contributed by atoms with Crippen molar-refractivity contribution >= 4 is 23.5 Å². The summed E-state index contributed by atoms with van der Waals surface area (Å²) < 4.78 is 10.6. The molecule has 0 unspecified atom stereocenters. The molecule has 1 aliphatic heterocycles. The lowest BCUT2D eigenvalue weighted by Gasteiger charge is -2.37. The number of rotatable bonds is 4. The predicted octanol–water partition coefficient (Wildman–Crippen LogP) is 3.47. The number of hydrogen-bond acceptors (Lipinski definition) is 5. The van der Waals surface area contributed by atoms with Crippen LogP contribution in [-0.2, 0) is 9.59 Å². The van der Waals surface area contributed by atoms with Gasteiger partial charge in [-0.1, -0.05) is 18.2 Å².